The van der Waals surface area contributed by atoms with E-state index in [0.717, 1.165) is 31.2 Å². The van der Waals surface area contributed by atoms with Gasteiger partial charge in [-0.2, -0.15) is 0 Å². The molecule has 0 radical (unpaired) electrons. The van der Waals surface area contributed by atoms with Gasteiger partial charge < -0.3 is 0 Å². The molecule has 1 aromatic carbocycles. The molecule has 2 aliphatic rings. The van der Waals surface area contributed by atoms with Gasteiger partial charge in [-0.05, 0) is 91.5 Å². The highest BCUT2D eigenvalue weighted by Crippen LogP contribution is 2.42. The fourth-order valence-corrected chi connectivity index (χ4v) is 4.55. The van der Waals surface area contributed by atoms with Gasteiger partial charge in [0.25, 0.3) is 0 Å². The Hall–Kier alpha value is -2.22. The molecule has 2 aliphatic carbocycles. The second kappa shape index (κ2) is 6.25. The SMILES string of the molecule is CC1=CC(c2cncc(C)c2)CC(C)=C1c1ccc(F)c2c1CCC2. The molecular formula is C23H24FN. The van der Waals surface area contributed by atoms with Crippen LogP contribution in [0.2, 0.25) is 0 Å². The average molecular weight is 333 g/mol. The first kappa shape index (κ1) is 16.3. The minimum absolute atomic E-state index is 0.0318. The maximum Gasteiger partial charge on any atom is 0.126 e. The van der Waals surface area contributed by atoms with E-state index >= 15 is 0 Å². The van der Waals surface area contributed by atoms with Gasteiger partial charge in [-0.15, -0.1) is 0 Å². The first-order chi connectivity index (χ1) is 12.0. The van der Waals surface area contributed by atoms with Crippen molar-refractivity contribution in [3.8, 4) is 0 Å². The zero-order valence-corrected chi connectivity index (χ0v) is 15.2. The Morgan fingerprint density at radius 1 is 1.04 bits per heavy atom. The molecule has 1 heterocycles. The van der Waals surface area contributed by atoms with Gasteiger partial charge in [0.2, 0.25) is 0 Å². The molecule has 1 aromatic heterocycles. The van der Waals surface area contributed by atoms with Crippen molar-refractivity contribution in [2.75, 3.05) is 0 Å². The van der Waals surface area contributed by atoms with Crippen LogP contribution >= 0.6 is 0 Å². The van der Waals surface area contributed by atoms with Crippen LogP contribution in [0, 0.1) is 12.7 Å². The standard InChI is InChI=1S/C23H24FN/c1-14-9-18(13-25-12-14)17-10-15(2)23(16(3)11-17)21-7-8-22(24)20-6-4-5-19(20)21/h7-10,12-13,17H,4-6,11H2,1-3H3. The monoisotopic (exact) mass is 333 g/mol. The summed E-state index contributed by atoms with van der Waals surface area (Å²) < 4.78 is 14.1. The third kappa shape index (κ3) is 2.84. The lowest BCUT2D eigenvalue weighted by Crippen LogP contribution is -2.08. The van der Waals surface area contributed by atoms with Crippen molar-refractivity contribution in [2.45, 2.75) is 52.4 Å². The highest BCUT2D eigenvalue weighted by molar-refractivity contribution is 5.84. The molecule has 0 aliphatic heterocycles. The Morgan fingerprint density at radius 3 is 2.60 bits per heavy atom. The Bertz CT molecular complexity index is 904. The fraction of sp³-hybridized carbons (Fsp3) is 0.348. The third-order valence-corrected chi connectivity index (χ3v) is 5.62. The summed E-state index contributed by atoms with van der Waals surface area (Å²) in [6.07, 6.45) is 10.2. The number of fused-ring (bicyclic) bond motifs is 1. The summed E-state index contributed by atoms with van der Waals surface area (Å²) in [6, 6.07) is 5.88. The lowest BCUT2D eigenvalue weighted by atomic mass is 9.79. The molecule has 0 N–H and O–H groups in total. The Kier molecular flexibility index (Phi) is 4.07. The summed E-state index contributed by atoms with van der Waals surface area (Å²) in [7, 11) is 0. The van der Waals surface area contributed by atoms with E-state index in [0.29, 0.717) is 5.92 Å². The van der Waals surface area contributed by atoms with Gasteiger partial charge in [0.05, 0.1) is 0 Å². The molecular weight excluding hydrogens is 309 g/mol. The smallest absolute Gasteiger partial charge is 0.126 e. The van der Waals surface area contributed by atoms with Gasteiger partial charge in [-0.25, -0.2) is 4.39 Å². The molecule has 2 aromatic rings. The van der Waals surface area contributed by atoms with Crippen LogP contribution in [0.4, 0.5) is 4.39 Å². The molecule has 128 valence electrons. The van der Waals surface area contributed by atoms with Crippen molar-refractivity contribution in [2.24, 2.45) is 0 Å². The number of hydrogen-bond acceptors (Lipinski definition) is 1. The number of halogens is 1. The van der Waals surface area contributed by atoms with Crippen molar-refractivity contribution in [3.63, 3.8) is 0 Å². The second-order valence-electron chi connectivity index (χ2n) is 7.52. The van der Waals surface area contributed by atoms with E-state index in [4.69, 9.17) is 0 Å². The maximum atomic E-state index is 14.1. The van der Waals surface area contributed by atoms with Gasteiger partial charge in [0.1, 0.15) is 5.82 Å². The predicted molar refractivity (Wildman–Crippen MR) is 101 cm³/mol. The third-order valence-electron chi connectivity index (χ3n) is 5.62. The van der Waals surface area contributed by atoms with Crippen molar-refractivity contribution in [3.05, 3.63) is 81.4 Å². The number of pyridine rings is 1. The van der Waals surface area contributed by atoms with Crippen molar-refractivity contribution in [1.29, 1.82) is 0 Å². The van der Waals surface area contributed by atoms with Crippen molar-refractivity contribution < 1.29 is 4.39 Å². The molecule has 0 amide bonds. The molecule has 1 unspecified atom stereocenters. The van der Waals surface area contributed by atoms with Crippen LogP contribution < -0.4 is 0 Å². The summed E-state index contributed by atoms with van der Waals surface area (Å²) in [6.45, 7) is 6.51. The topological polar surface area (TPSA) is 12.9 Å². The van der Waals surface area contributed by atoms with E-state index in [1.54, 1.807) is 6.07 Å². The van der Waals surface area contributed by atoms with E-state index in [2.05, 4.69) is 37.9 Å². The number of aryl methyl sites for hydroxylation is 1. The number of nitrogens with zero attached hydrogens (tertiary/aromatic N) is 1. The van der Waals surface area contributed by atoms with E-state index < -0.39 is 0 Å². The van der Waals surface area contributed by atoms with E-state index in [1.807, 2.05) is 18.5 Å². The van der Waals surface area contributed by atoms with Crippen LogP contribution in [0.1, 0.15) is 60.4 Å². The molecule has 0 spiro atoms. The summed E-state index contributed by atoms with van der Waals surface area (Å²) in [5.41, 5.74) is 9.93. The summed E-state index contributed by atoms with van der Waals surface area (Å²) >= 11 is 0. The zero-order chi connectivity index (χ0) is 17.6. The predicted octanol–water partition coefficient (Wildman–Crippen LogP) is 5.93. The molecule has 2 heteroatoms. The number of aromatic nitrogens is 1. The normalized spacial score (nSPS) is 19.8. The minimum Gasteiger partial charge on any atom is -0.264 e. The van der Waals surface area contributed by atoms with Crippen LogP contribution in [0.3, 0.4) is 0 Å². The summed E-state index contributed by atoms with van der Waals surface area (Å²) in [5.74, 6) is 0.348. The molecule has 0 fully saturated rings. The van der Waals surface area contributed by atoms with Crippen LogP contribution in [-0.2, 0) is 12.8 Å². The quantitative estimate of drug-likeness (QED) is 0.664. The highest BCUT2D eigenvalue weighted by Gasteiger charge is 2.25. The van der Waals surface area contributed by atoms with Crippen LogP contribution in [0.15, 0.2) is 47.8 Å². The van der Waals surface area contributed by atoms with E-state index in [-0.39, 0.29) is 5.82 Å². The van der Waals surface area contributed by atoms with E-state index in [9.17, 15) is 4.39 Å². The molecule has 4 rings (SSSR count). The number of allylic oxidation sites excluding steroid dienone is 4. The largest absolute Gasteiger partial charge is 0.264 e. The molecule has 1 nitrogen and oxygen atoms in total. The maximum absolute atomic E-state index is 14.1. The Balaban J connectivity index is 1.75. The first-order valence-corrected chi connectivity index (χ1v) is 9.15. The molecule has 0 bridgehead atoms. The fourth-order valence-electron chi connectivity index (χ4n) is 4.55. The summed E-state index contributed by atoms with van der Waals surface area (Å²) in [5, 5.41) is 0. The number of hydrogen-bond donors (Lipinski definition) is 0. The van der Waals surface area contributed by atoms with Crippen LogP contribution in [0.25, 0.3) is 5.57 Å². The Labute approximate surface area is 149 Å². The summed E-state index contributed by atoms with van der Waals surface area (Å²) in [4.78, 5) is 4.36. The average Bonchev–Trinajstić information content (AvgIpc) is 3.07. The number of benzene rings is 1. The van der Waals surface area contributed by atoms with Gasteiger partial charge in [0, 0.05) is 18.3 Å². The van der Waals surface area contributed by atoms with Gasteiger partial charge in [-0.3, -0.25) is 4.98 Å². The van der Waals surface area contributed by atoms with Gasteiger partial charge >= 0.3 is 0 Å². The minimum atomic E-state index is -0.0318. The lowest BCUT2D eigenvalue weighted by molar-refractivity contribution is 0.612. The molecule has 0 saturated heterocycles. The second-order valence-corrected chi connectivity index (χ2v) is 7.52. The van der Waals surface area contributed by atoms with Crippen molar-refractivity contribution in [1.82, 2.24) is 4.98 Å². The zero-order valence-electron chi connectivity index (χ0n) is 15.2. The Morgan fingerprint density at radius 2 is 1.84 bits per heavy atom. The lowest BCUT2D eigenvalue weighted by Gasteiger charge is -2.26. The van der Waals surface area contributed by atoms with Gasteiger partial charge in [-0.1, -0.05) is 23.8 Å². The van der Waals surface area contributed by atoms with Crippen LogP contribution in [-0.4, -0.2) is 4.98 Å². The molecule has 0 saturated carbocycles. The van der Waals surface area contributed by atoms with E-state index in [1.165, 1.54) is 39.0 Å². The first-order valence-electron chi connectivity index (χ1n) is 9.15. The molecule has 1 atom stereocenters. The molecule has 25 heavy (non-hydrogen) atoms. The van der Waals surface area contributed by atoms with Gasteiger partial charge in [0.15, 0.2) is 0 Å². The van der Waals surface area contributed by atoms with Crippen molar-refractivity contribution >= 4 is 5.57 Å². The number of rotatable bonds is 2. The van der Waals surface area contributed by atoms with Crippen LogP contribution in [0.5, 0.6) is 0 Å². The highest BCUT2D eigenvalue weighted by atomic mass is 19.1.